The topological polar surface area (TPSA) is 39.2 Å². The van der Waals surface area contributed by atoms with E-state index >= 15 is 0 Å². The van der Waals surface area contributed by atoms with Crippen LogP contribution in [0.15, 0.2) is 24.4 Å². The Morgan fingerprint density at radius 3 is 3.17 bits per heavy atom. The average molecular weight is 162 g/mol. The summed E-state index contributed by atoms with van der Waals surface area (Å²) in [4.78, 5) is 13.9. The first kappa shape index (κ1) is 8.46. The summed E-state index contributed by atoms with van der Waals surface area (Å²) >= 11 is 0. The van der Waals surface area contributed by atoms with Crippen LogP contribution in [0.25, 0.3) is 6.08 Å². The molecular weight excluding hydrogens is 154 g/mol. The van der Waals surface area contributed by atoms with Crippen molar-refractivity contribution in [3.05, 3.63) is 30.0 Å². The normalized spacial score (nSPS) is 10.1. The summed E-state index contributed by atoms with van der Waals surface area (Å²) in [5, 5.41) is 0. The highest BCUT2D eigenvalue weighted by molar-refractivity contribution is 5.75. The van der Waals surface area contributed by atoms with E-state index < -0.39 is 0 Å². The monoisotopic (exact) mass is 162 g/mol. The van der Waals surface area contributed by atoms with Crippen LogP contribution in [0.2, 0.25) is 0 Å². The van der Waals surface area contributed by atoms with Crippen molar-refractivity contribution in [1.82, 2.24) is 4.98 Å². The Morgan fingerprint density at radius 2 is 2.50 bits per heavy atom. The molecule has 1 rings (SSSR count). The van der Waals surface area contributed by atoms with Gasteiger partial charge in [0.05, 0.1) is 7.11 Å². The molecule has 0 N–H and O–H groups in total. The average Bonchev–Trinajstić information content (AvgIpc) is 2.15. The SMILES string of the molecule is COc1ncccc1/C=C/[C]=O. The number of pyridine rings is 1. The van der Waals surface area contributed by atoms with Crippen LogP contribution in [0.1, 0.15) is 5.56 Å². The van der Waals surface area contributed by atoms with E-state index in [1.54, 1.807) is 30.7 Å². The summed E-state index contributed by atoms with van der Waals surface area (Å²) in [6.45, 7) is 0. The van der Waals surface area contributed by atoms with Crippen molar-refractivity contribution in [2.24, 2.45) is 0 Å². The van der Waals surface area contributed by atoms with E-state index in [0.29, 0.717) is 5.88 Å². The standard InChI is InChI=1S/C9H8NO2/c1-12-9-8(5-3-7-11)4-2-6-10-9/h2-6H,1H3/b5-3+. The van der Waals surface area contributed by atoms with E-state index in [1.807, 2.05) is 0 Å². The molecule has 0 saturated heterocycles. The van der Waals surface area contributed by atoms with Crippen LogP contribution >= 0.6 is 0 Å². The highest BCUT2D eigenvalue weighted by Gasteiger charge is 1.96. The van der Waals surface area contributed by atoms with Crippen molar-refractivity contribution in [3.8, 4) is 5.88 Å². The third kappa shape index (κ3) is 1.92. The van der Waals surface area contributed by atoms with Crippen molar-refractivity contribution in [2.45, 2.75) is 0 Å². The third-order valence-corrected chi connectivity index (χ3v) is 1.32. The minimum atomic E-state index is 0.504. The van der Waals surface area contributed by atoms with Crippen LogP contribution in [0.4, 0.5) is 0 Å². The van der Waals surface area contributed by atoms with Crippen LogP contribution in [0.5, 0.6) is 5.88 Å². The summed E-state index contributed by atoms with van der Waals surface area (Å²) in [5.74, 6) is 0.504. The van der Waals surface area contributed by atoms with Crippen LogP contribution in [0, 0.1) is 0 Å². The molecule has 0 aliphatic carbocycles. The minimum absolute atomic E-state index is 0.504. The molecule has 0 unspecified atom stereocenters. The predicted molar refractivity (Wildman–Crippen MR) is 45.5 cm³/mol. The van der Waals surface area contributed by atoms with Crippen LogP contribution in [-0.2, 0) is 4.79 Å². The van der Waals surface area contributed by atoms with Crippen LogP contribution in [-0.4, -0.2) is 18.4 Å². The molecule has 0 amide bonds. The lowest BCUT2D eigenvalue weighted by Crippen LogP contribution is -1.89. The fourth-order valence-electron chi connectivity index (χ4n) is 0.824. The smallest absolute Gasteiger partial charge is 0.225 e. The Bertz CT molecular complexity index is 294. The number of carbonyl (C=O) groups excluding carboxylic acids is 1. The van der Waals surface area contributed by atoms with Gasteiger partial charge in [0.1, 0.15) is 0 Å². The Labute approximate surface area is 70.7 Å². The van der Waals surface area contributed by atoms with Crippen molar-refractivity contribution in [2.75, 3.05) is 7.11 Å². The fourth-order valence-corrected chi connectivity index (χ4v) is 0.824. The van der Waals surface area contributed by atoms with Gasteiger partial charge in [-0.3, -0.25) is 4.79 Å². The Kier molecular flexibility index (Phi) is 3.02. The zero-order valence-electron chi connectivity index (χ0n) is 6.65. The van der Waals surface area contributed by atoms with Gasteiger partial charge in [-0.2, -0.15) is 0 Å². The molecule has 1 heterocycles. The van der Waals surface area contributed by atoms with Gasteiger partial charge in [0.2, 0.25) is 12.2 Å². The molecular formula is C9H8NO2. The molecule has 3 heteroatoms. The number of nitrogens with zero attached hydrogens (tertiary/aromatic N) is 1. The Balaban J connectivity index is 2.96. The molecule has 1 aromatic rings. The van der Waals surface area contributed by atoms with Crippen LogP contribution < -0.4 is 4.74 Å². The summed E-state index contributed by atoms with van der Waals surface area (Å²) in [7, 11) is 1.53. The van der Waals surface area contributed by atoms with Crippen molar-refractivity contribution >= 4 is 12.4 Å². The van der Waals surface area contributed by atoms with Gasteiger partial charge >= 0.3 is 0 Å². The maximum atomic E-state index is 9.90. The lowest BCUT2D eigenvalue weighted by Gasteiger charge is -2.00. The van der Waals surface area contributed by atoms with Gasteiger partial charge in [-0.1, -0.05) is 0 Å². The first-order chi connectivity index (χ1) is 5.88. The summed E-state index contributed by atoms with van der Waals surface area (Å²) in [6.07, 6.45) is 6.15. The van der Waals surface area contributed by atoms with Gasteiger partial charge < -0.3 is 4.74 Å². The van der Waals surface area contributed by atoms with Gasteiger partial charge in [0.15, 0.2) is 0 Å². The first-order valence-electron chi connectivity index (χ1n) is 3.41. The zero-order chi connectivity index (χ0) is 8.81. The number of methoxy groups -OCH3 is 1. The molecule has 0 saturated carbocycles. The Hall–Kier alpha value is -1.64. The maximum absolute atomic E-state index is 9.90. The van der Waals surface area contributed by atoms with Crippen molar-refractivity contribution in [1.29, 1.82) is 0 Å². The van der Waals surface area contributed by atoms with Crippen molar-refractivity contribution in [3.63, 3.8) is 0 Å². The number of rotatable bonds is 3. The molecule has 0 fully saturated rings. The minimum Gasteiger partial charge on any atom is -0.481 e. The molecule has 0 aromatic carbocycles. The molecule has 0 aliphatic heterocycles. The molecule has 61 valence electrons. The predicted octanol–water partition coefficient (Wildman–Crippen LogP) is 1.21. The van der Waals surface area contributed by atoms with Crippen LogP contribution in [0.3, 0.4) is 0 Å². The Morgan fingerprint density at radius 1 is 1.67 bits per heavy atom. The summed E-state index contributed by atoms with van der Waals surface area (Å²) < 4.78 is 4.95. The van der Waals surface area contributed by atoms with E-state index in [4.69, 9.17) is 4.74 Å². The van der Waals surface area contributed by atoms with Gasteiger partial charge in [-0.15, -0.1) is 0 Å². The number of allylic oxidation sites excluding steroid dienone is 1. The second kappa shape index (κ2) is 4.28. The summed E-state index contributed by atoms with van der Waals surface area (Å²) in [6, 6.07) is 3.58. The van der Waals surface area contributed by atoms with Crippen molar-refractivity contribution < 1.29 is 9.53 Å². The zero-order valence-corrected chi connectivity index (χ0v) is 6.65. The molecule has 1 aromatic heterocycles. The molecule has 12 heavy (non-hydrogen) atoms. The van der Waals surface area contributed by atoms with Gasteiger partial charge in [-0.05, 0) is 24.3 Å². The highest BCUT2D eigenvalue weighted by Crippen LogP contribution is 2.14. The van der Waals surface area contributed by atoms with E-state index in [9.17, 15) is 4.79 Å². The molecule has 0 aliphatic rings. The van der Waals surface area contributed by atoms with E-state index in [2.05, 4.69) is 4.98 Å². The molecule has 0 atom stereocenters. The third-order valence-electron chi connectivity index (χ3n) is 1.32. The van der Waals surface area contributed by atoms with Gasteiger partial charge in [0.25, 0.3) is 0 Å². The molecule has 0 spiro atoms. The molecule has 0 bridgehead atoms. The molecule has 3 nitrogen and oxygen atoms in total. The second-order valence-electron chi connectivity index (χ2n) is 2.05. The largest absolute Gasteiger partial charge is 0.481 e. The lowest BCUT2D eigenvalue weighted by molar-refractivity contribution is 0.397. The first-order valence-corrected chi connectivity index (χ1v) is 3.41. The number of aromatic nitrogens is 1. The second-order valence-corrected chi connectivity index (χ2v) is 2.05. The quantitative estimate of drug-likeness (QED) is 0.627. The fraction of sp³-hybridized carbons (Fsp3) is 0.111. The van der Waals surface area contributed by atoms with E-state index in [-0.39, 0.29) is 0 Å². The number of hydrogen-bond acceptors (Lipinski definition) is 3. The highest BCUT2D eigenvalue weighted by atomic mass is 16.5. The van der Waals surface area contributed by atoms with E-state index in [1.165, 1.54) is 13.2 Å². The lowest BCUT2D eigenvalue weighted by atomic mass is 10.2. The number of ether oxygens (including phenoxy) is 1. The van der Waals surface area contributed by atoms with Gasteiger partial charge in [-0.25, -0.2) is 4.98 Å². The molecule has 1 radical (unpaired) electrons. The van der Waals surface area contributed by atoms with Gasteiger partial charge in [0, 0.05) is 11.8 Å². The number of hydrogen-bond donors (Lipinski definition) is 0. The van der Waals surface area contributed by atoms with E-state index in [0.717, 1.165) is 5.56 Å². The maximum Gasteiger partial charge on any atom is 0.225 e. The summed E-state index contributed by atoms with van der Waals surface area (Å²) in [5.41, 5.74) is 0.767.